The van der Waals surface area contributed by atoms with E-state index in [4.69, 9.17) is 0 Å². The van der Waals surface area contributed by atoms with Crippen LogP contribution in [0.5, 0.6) is 0 Å². The predicted molar refractivity (Wildman–Crippen MR) is 123 cm³/mol. The molecule has 0 spiro atoms. The molecule has 0 fully saturated rings. The molecule has 2 amide bonds. The number of unbranched alkanes of at least 4 members (excludes halogenated alkanes) is 1. The highest BCUT2D eigenvalue weighted by atomic mass is 16.2. The Bertz CT molecular complexity index is 681. The molecule has 0 aromatic heterocycles. The van der Waals surface area contributed by atoms with E-state index in [9.17, 15) is 9.59 Å². The molecule has 2 N–H and O–H groups in total. The zero-order valence-electron chi connectivity index (χ0n) is 18.4. The monoisotopic (exact) mass is 408 g/mol. The second-order valence-electron chi connectivity index (χ2n) is 8.19. The van der Waals surface area contributed by atoms with Crippen LogP contribution in [0, 0.1) is 0 Å². The zero-order valence-corrected chi connectivity index (χ0v) is 18.4. The molecule has 2 rings (SSSR count). The Labute approximate surface area is 181 Å². The lowest BCUT2D eigenvalue weighted by Gasteiger charge is -2.15. The summed E-state index contributed by atoms with van der Waals surface area (Å²) >= 11 is 0. The lowest BCUT2D eigenvalue weighted by Crippen LogP contribution is -2.33. The first kappa shape index (κ1) is 23.7. The highest BCUT2D eigenvalue weighted by Crippen LogP contribution is 2.07. The van der Waals surface area contributed by atoms with Crippen molar-refractivity contribution in [2.75, 3.05) is 0 Å². The molecule has 162 valence electrons. The van der Waals surface area contributed by atoms with Crippen LogP contribution in [0.1, 0.15) is 63.5 Å². The first-order chi connectivity index (χ1) is 14.5. The van der Waals surface area contributed by atoms with Crippen LogP contribution >= 0.6 is 0 Å². The van der Waals surface area contributed by atoms with Crippen molar-refractivity contribution in [3.05, 3.63) is 71.8 Å². The van der Waals surface area contributed by atoms with Crippen LogP contribution in [-0.2, 0) is 22.4 Å². The topological polar surface area (TPSA) is 58.2 Å². The average molecular weight is 409 g/mol. The number of carbonyl (C=O) groups excluding carboxylic acids is 2. The Kier molecular flexibility index (Phi) is 10.7. The summed E-state index contributed by atoms with van der Waals surface area (Å²) in [5.74, 6) is 0.152. The van der Waals surface area contributed by atoms with Crippen molar-refractivity contribution in [3.63, 3.8) is 0 Å². The third-order valence-electron chi connectivity index (χ3n) is 5.29. The fourth-order valence-corrected chi connectivity index (χ4v) is 3.47. The van der Waals surface area contributed by atoms with Crippen molar-refractivity contribution in [1.29, 1.82) is 0 Å². The molecule has 2 aromatic carbocycles. The maximum atomic E-state index is 12.1. The first-order valence-electron chi connectivity index (χ1n) is 11.2. The van der Waals surface area contributed by atoms with E-state index in [0.29, 0.717) is 12.8 Å². The fraction of sp³-hybridized carbons (Fsp3) is 0.462. The minimum atomic E-state index is 0.0761. The SMILES string of the molecule is CC(CCc1ccccc1)NC(=O)CCCCC(=O)NC(C)CCc1ccccc1. The van der Waals surface area contributed by atoms with E-state index in [1.807, 2.05) is 50.2 Å². The van der Waals surface area contributed by atoms with Gasteiger partial charge in [0, 0.05) is 24.9 Å². The Morgan fingerprint density at radius 2 is 1.03 bits per heavy atom. The molecule has 0 aliphatic rings. The molecule has 0 heterocycles. The van der Waals surface area contributed by atoms with Gasteiger partial charge >= 0.3 is 0 Å². The molecule has 0 aliphatic carbocycles. The Morgan fingerprint density at radius 1 is 0.667 bits per heavy atom. The Balaban J connectivity index is 1.51. The van der Waals surface area contributed by atoms with Crippen LogP contribution in [0.4, 0.5) is 0 Å². The number of benzene rings is 2. The zero-order chi connectivity index (χ0) is 21.6. The highest BCUT2D eigenvalue weighted by molar-refractivity contribution is 5.77. The minimum absolute atomic E-state index is 0.0761. The number of hydrogen-bond donors (Lipinski definition) is 2. The van der Waals surface area contributed by atoms with E-state index >= 15 is 0 Å². The molecule has 2 aromatic rings. The fourth-order valence-electron chi connectivity index (χ4n) is 3.47. The van der Waals surface area contributed by atoms with Crippen molar-refractivity contribution in [1.82, 2.24) is 10.6 Å². The molecule has 4 nitrogen and oxygen atoms in total. The quantitative estimate of drug-likeness (QED) is 0.467. The van der Waals surface area contributed by atoms with Crippen LogP contribution in [0.25, 0.3) is 0 Å². The summed E-state index contributed by atoms with van der Waals surface area (Å²) in [4.78, 5) is 24.2. The molecule has 0 radical (unpaired) electrons. The third-order valence-corrected chi connectivity index (χ3v) is 5.29. The standard InChI is InChI=1S/C26H36N2O2/c1-21(17-19-23-11-5-3-6-12-23)27-25(29)15-9-10-16-26(30)28-22(2)18-20-24-13-7-4-8-14-24/h3-8,11-14,21-22H,9-10,15-20H2,1-2H3,(H,27,29)(H,28,30). The number of aryl methyl sites for hydroxylation is 2. The third kappa shape index (κ3) is 10.2. The predicted octanol–water partition coefficient (Wildman–Crippen LogP) is 4.82. The van der Waals surface area contributed by atoms with Crippen LogP contribution in [0.2, 0.25) is 0 Å². The summed E-state index contributed by atoms with van der Waals surface area (Å²) in [6, 6.07) is 21.0. The molecular formula is C26H36N2O2. The van der Waals surface area contributed by atoms with Gasteiger partial charge in [0.05, 0.1) is 0 Å². The van der Waals surface area contributed by atoms with Gasteiger partial charge in [-0.1, -0.05) is 60.7 Å². The molecule has 30 heavy (non-hydrogen) atoms. The molecular weight excluding hydrogens is 372 g/mol. The Morgan fingerprint density at radius 3 is 1.40 bits per heavy atom. The van der Waals surface area contributed by atoms with E-state index < -0.39 is 0 Å². The molecule has 4 heteroatoms. The molecule has 0 aliphatic heterocycles. The van der Waals surface area contributed by atoms with E-state index in [1.54, 1.807) is 0 Å². The van der Waals surface area contributed by atoms with E-state index in [1.165, 1.54) is 11.1 Å². The lowest BCUT2D eigenvalue weighted by molar-refractivity contribution is -0.123. The van der Waals surface area contributed by atoms with Crippen molar-refractivity contribution >= 4 is 11.8 Å². The average Bonchev–Trinajstić information content (AvgIpc) is 2.75. The van der Waals surface area contributed by atoms with Crippen LogP contribution < -0.4 is 10.6 Å². The van der Waals surface area contributed by atoms with Gasteiger partial charge in [0.25, 0.3) is 0 Å². The van der Waals surface area contributed by atoms with Gasteiger partial charge in [-0.05, 0) is 63.5 Å². The highest BCUT2D eigenvalue weighted by Gasteiger charge is 2.10. The first-order valence-corrected chi connectivity index (χ1v) is 11.2. The Hall–Kier alpha value is -2.62. The van der Waals surface area contributed by atoms with Gasteiger partial charge in [0.1, 0.15) is 0 Å². The number of rotatable bonds is 13. The van der Waals surface area contributed by atoms with Gasteiger partial charge in [-0.25, -0.2) is 0 Å². The smallest absolute Gasteiger partial charge is 0.220 e. The van der Waals surface area contributed by atoms with E-state index in [0.717, 1.165) is 38.5 Å². The summed E-state index contributed by atoms with van der Waals surface area (Å²) in [7, 11) is 0. The second-order valence-corrected chi connectivity index (χ2v) is 8.19. The minimum Gasteiger partial charge on any atom is -0.354 e. The van der Waals surface area contributed by atoms with E-state index in [2.05, 4.69) is 34.9 Å². The molecule has 2 atom stereocenters. The molecule has 2 unspecified atom stereocenters. The number of amides is 2. The summed E-state index contributed by atoms with van der Waals surface area (Å²) in [5.41, 5.74) is 2.59. The lowest BCUT2D eigenvalue weighted by atomic mass is 10.1. The number of hydrogen-bond acceptors (Lipinski definition) is 2. The molecule has 0 bridgehead atoms. The normalized spacial score (nSPS) is 12.7. The van der Waals surface area contributed by atoms with Gasteiger partial charge in [-0.15, -0.1) is 0 Å². The van der Waals surface area contributed by atoms with Crippen molar-refractivity contribution < 1.29 is 9.59 Å². The molecule has 0 saturated heterocycles. The summed E-state index contributed by atoms with van der Waals surface area (Å²) in [6.45, 7) is 4.09. The van der Waals surface area contributed by atoms with Crippen LogP contribution in [0.15, 0.2) is 60.7 Å². The summed E-state index contributed by atoms with van der Waals surface area (Å²) in [6.07, 6.45) is 6.22. The van der Waals surface area contributed by atoms with Gasteiger partial charge in [-0.2, -0.15) is 0 Å². The molecule has 0 saturated carbocycles. The second kappa shape index (κ2) is 13.6. The van der Waals surface area contributed by atoms with Crippen molar-refractivity contribution in [2.24, 2.45) is 0 Å². The van der Waals surface area contributed by atoms with E-state index in [-0.39, 0.29) is 23.9 Å². The number of nitrogens with one attached hydrogen (secondary N) is 2. The van der Waals surface area contributed by atoms with Gasteiger partial charge in [0.15, 0.2) is 0 Å². The number of carbonyl (C=O) groups is 2. The van der Waals surface area contributed by atoms with Crippen LogP contribution in [0.3, 0.4) is 0 Å². The maximum absolute atomic E-state index is 12.1. The largest absolute Gasteiger partial charge is 0.354 e. The summed E-state index contributed by atoms with van der Waals surface area (Å²) < 4.78 is 0. The van der Waals surface area contributed by atoms with Crippen molar-refractivity contribution in [3.8, 4) is 0 Å². The van der Waals surface area contributed by atoms with Crippen molar-refractivity contribution in [2.45, 2.75) is 77.3 Å². The van der Waals surface area contributed by atoms with Crippen LogP contribution in [-0.4, -0.2) is 23.9 Å². The van der Waals surface area contributed by atoms with Gasteiger partial charge < -0.3 is 10.6 Å². The maximum Gasteiger partial charge on any atom is 0.220 e. The van der Waals surface area contributed by atoms with Gasteiger partial charge in [-0.3, -0.25) is 9.59 Å². The summed E-state index contributed by atoms with van der Waals surface area (Å²) in [5, 5.41) is 6.13. The van der Waals surface area contributed by atoms with Gasteiger partial charge in [0.2, 0.25) is 11.8 Å².